The summed E-state index contributed by atoms with van der Waals surface area (Å²) < 4.78 is 29.0. The Morgan fingerprint density at radius 1 is 0.879 bits per heavy atom. The highest BCUT2D eigenvalue weighted by Crippen LogP contribution is 2.41. The van der Waals surface area contributed by atoms with E-state index < -0.39 is 10.0 Å². The van der Waals surface area contributed by atoms with Gasteiger partial charge in [0.2, 0.25) is 10.0 Å². The number of benzene rings is 3. The molecule has 1 saturated carbocycles. The fourth-order valence-corrected chi connectivity index (χ4v) is 6.66. The van der Waals surface area contributed by atoms with E-state index in [1.165, 1.54) is 11.1 Å². The number of nitrogens with one attached hydrogen (secondary N) is 2. The highest BCUT2D eigenvalue weighted by Gasteiger charge is 2.41. The molecule has 5 nitrogen and oxygen atoms in total. The van der Waals surface area contributed by atoms with Crippen LogP contribution in [-0.2, 0) is 29.4 Å². The molecule has 2 N–H and O–H groups in total. The van der Waals surface area contributed by atoms with Crippen LogP contribution in [0.4, 0.5) is 5.69 Å². The first-order valence-corrected chi connectivity index (χ1v) is 12.9. The van der Waals surface area contributed by atoms with Gasteiger partial charge in [0.15, 0.2) is 0 Å². The van der Waals surface area contributed by atoms with Crippen molar-refractivity contribution >= 4 is 15.7 Å². The van der Waals surface area contributed by atoms with E-state index in [1.54, 1.807) is 24.3 Å². The number of nitrogens with zero attached hydrogens (tertiary/aromatic N) is 1. The van der Waals surface area contributed by atoms with E-state index in [-0.39, 0.29) is 6.04 Å². The zero-order valence-corrected chi connectivity index (χ0v) is 19.2. The average molecular weight is 458 g/mol. The maximum Gasteiger partial charge on any atom is 0.240 e. The summed E-state index contributed by atoms with van der Waals surface area (Å²) >= 11 is 0. The molecule has 5 rings (SSSR count). The number of nitriles is 1. The number of anilines is 1. The second-order valence-electron chi connectivity index (χ2n) is 9.11. The molecule has 0 spiro atoms. The van der Waals surface area contributed by atoms with Crippen molar-refractivity contribution in [2.24, 2.45) is 11.8 Å². The Balaban J connectivity index is 1.30. The molecule has 6 heteroatoms. The second kappa shape index (κ2) is 9.01. The highest BCUT2D eigenvalue weighted by atomic mass is 32.2. The molecule has 0 radical (unpaired) electrons. The minimum Gasteiger partial charge on any atom is -0.381 e. The molecule has 3 unspecified atom stereocenters. The van der Waals surface area contributed by atoms with Crippen LogP contribution >= 0.6 is 0 Å². The molecule has 3 atom stereocenters. The first-order valence-electron chi connectivity index (χ1n) is 11.4. The molecule has 2 aliphatic carbocycles. The molecule has 2 bridgehead atoms. The van der Waals surface area contributed by atoms with Gasteiger partial charge in [-0.1, -0.05) is 36.4 Å². The lowest BCUT2D eigenvalue weighted by Crippen LogP contribution is -2.41. The molecule has 2 aliphatic rings. The number of rotatable bonds is 6. The summed E-state index contributed by atoms with van der Waals surface area (Å²) in [5, 5.41) is 12.4. The van der Waals surface area contributed by atoms with Gasteiger partial charge in [0.05, 0.1) is 16.5 Å². The van der Waals surface area contributed by atoms with Crippen molar-refractivity contribution in [3.05, 3.63) is 95.1 Å². The fraction of sp³-hybridized carbons (Fsp3) is 0.296. The summed E-state index contributed by atoms with van der Waals surface area (Å²) in [6, 6.07) is 24.9. The van der Waals surface area contributed by atoms with Crippen LogP contribution in [0.15, 0.2) is 77.7 Å². The van der Waals surface area contributed by atoms with Gasteiger partial charge in [-0.25, -0.2) is 13.1 Å². The van der Waals surface area contributed by atoms with Crippen molar-refractivity contribution in [1.82, 2.24) is 4.72 Å². The lowest BCUT2D eigenvalue weighted by atomic mass is 9.93. The molecule has 0 saturated heterocycles. The van der Waals surface area contributed by atoms with Crippen molar-refractivity contribution in [3.63, 3.8) is 0 Å². The summed E-state index contributed by atoms with van der Waals surface area (Å²) in [5.41, 5.74) is 5.50. The lowest BCUT2D eigenvalue weighted by molar-refractivity contribution is 0.386. The van der Waals surface area contributed by atoms with Crippen LogP contribution in [0.3, 0.4) is 0 Å². The van der Waals surface area contributed by atoms with E-state index in [0.717, 1.165) is 36.9 Å². The first-order chi connectivity index (χ1) is 16.0. The Bertz CT molecular complexity index is 1280. The predicted octanol–water partition coefficient (Wildman–Crippen LogP) is 4.64. The van der Waals surface area contributed by atoms with Crippen molar-refractivity contribution in [2.45, 2.75) is 43.2 Å². The SMILES string of the molecule is N#Cc1ccc(CNc2ccc3c(c2)CC2CCC(C3)C2NS(=O)(=O)c2ccccc2)cc1. The van der Waals surface area contributed by atoms with E-state index >= 15 is 0 Å². The summed E-state index contributed by atoms with van der Waals surface area (Å²) in [6.07, 6.45) is 3.91. The summed E-state index contributed by atoms with van der Waals surface area (Å²) in [7, 11) is -3.52. The molecule has 0 aromatic heterocycles. The molecule has 168 valence electrons. The smallest absolute Gasteiger partial charge is 0.240 e. The Labute approximate surface area is 195 Å². The third kappa shape index (κ3) is 4.66. The number of fused-ring (bicyclic) bond motifs is 3. The second-order valence-corrected chi connectivity index (χ2v) is 10.8. The largest absolute Gasteiger partial charge is 0.381 e. The highest BCUT2D eigenvalue weighted by molar-refractivity contribution is 7.89. The van der Waals surface area contributed by atoms with Gasteiger partial charge >= 0.3 is 0 Å². The zero-order chi connectivity index (χ0) is 22.8. The van der Waals surface area contributed by atoms with E-state index in [9.17, 15) is 8.42 Å². The van der Waals surface area contributed by atoms with Crippen LogP contribution < -0.4 is 10.0 Å². The predicted molar refractivity (Wildman–Crippen MR) is 129 cm³/mol. The van der Waals surface area contributed by atoms with Crippen LogP contribution in [-0.4, -0.2) is 14.5 Å². The van der Waals surface area contributed by atoms with Crippen LogP contribution in [0.5, 0.6) is 0 Å². The Morgan fingerprint density at radius 2 is 1.58 bits per heavy atom. The van der Waals surface area contributed by atoms with Gasteiger partial charge in [-0.2, -0.15) is 5.26 Å². The van der Waals surface area contributed by atoms with Crippen molar-refractivity contribution < 1.29 is 8.42 Å². The van der Waals surface area contributed by atoms with Crippen LogP contribution in [0.25, 0.3) is 0 Å². The van der Waals surface area contributed by atoms with E-state index in [2.05, 4.69) is 34.3 Å². The Hall–Kier alpha value is -3.14. The van der Waals surface area contributed by atoms with Gasteiger partial charge < -0.3 is 5.32 Å². The van der Waals surface area contributed by atoms with Crippen molar-refractivity contribution in [1.29, 1.82) is 5.26 Å². The number of sulfonamides is 1. The van der Waals surface area contributed by atoms with E-state index in [0.29, 0.717) is 28.8 Å². The quantitative estimate of drug-likeness (QED) is 0.565. The van der Waals surface area contributed by atoms with Crippen LogP contribution in [0.2, 0.25) is 0 Å². The first kappa shape index (κ1) is 21.7. The zero-order valence-electron chi connectivity index (χ0n) is 18.4. The third-order valence-corrected chi connectivity index (χ3v) is 8.49. The number of hydrogen-bond donors (Lipinski definition) is 2. The average Bonchev–Trinajstić information content (AvgIpc) is 3.11. The summed E-state index contributed by atoms with van der Waals surface area (Å²) in [4.78, 5) is 0.334. The molecule has 3 aromatic rings. The van der Waals surface area contributed by atoms with Crippen molar-refractivity contribution in [2.75, 3.05) is 5.32 Å². The summed E-state index contributed by atoms with van der Waals surface area (Å²) in [6.45, 7) is 0.691. The standard InChI is InChI=1S/C27H27N3O2S/c28-17-19-6-8-20(9-7-19)18-29-25-13-12-21-14-22-10-11-23(15-24(21)16-25)27(22)30-33(31,32)26-4-2-1-3-5-26/h1-9,12-13,16,22-23,27,29-30H,10-11,14-15,18H2. The Kier molecular flexibility index (Phi) is 5.92. The van der Waals surface area contributed by atoms with Gasteiger partial charge in [-0.15, -0.1) is 0 Å². The topological polar surface area (TPSA) is 82.0 Å². The number of hydrogen-bond acceptors (Lipinski definition) is 4. The third-order valence-electron chi connectivity index (χ3n) is 7.02. The van der Waals surface area contributed by atoms with Gasteiger partial charge in [0.1, 0.15) is 0 Å². The molecule has 3 aromatic carbocycles. The molecule has 0 amide bonds. The maximum atomic E-state index is 13.0. The monoisotopic (exact) mass is 457 g/mol. The molecular formula is C27H27N3O2S. The maximum absolute atomic E-state index is 13.0. The van der Waals surface area contributed by atoms with Crippen molar-refractivity contribution in [3.8, 4) is 6.07 Å². The van der Waals surface area contributed by atoms with Gasteiger partial charge in [-0.05, 0) is 90.6 Å². The normalized spacial score (nSPS) is 21.6. The summed E-state index contributed by atoms with van der Waals surface area (Å²) in [5.74, 6) is 0.635. The molecule has 0 aliphatic heterocycles. The minimum atomic E-state index is -3.52. The van der Waals surface area contributed by atoms with E-state index in [4.69, 9.17) is 5.26 Å². The fourth-order valence-electron chi connectivity index (χ4n) is 5.26. The van der Waals surface area contributed by atoms with Gasteiger partial charge in [0, 0.05) is 18.3 Å². The van der Waals surface area contributed by atoms with E-state index in [1.807, 2.05) is 30.3 Å². The van der Waals surface area contributed by atoms with Gasteiger partial charge in [-0.3, -0.25) is 0 Å². The molecule has 33 heavy (non-hydrogen) atoms. The van der Waals surface area contributed by atoms with Crippen LogP contribution in [0, 0.1) is 23.2 Å². The molecule has 0 heterocycles. The lowest BCUT2D eigenvalue weighted by Gasteiger charge is -2.23. The molecular weight excluding hydrogens is 430 g/mol. The molecule has 1 fully saturated rings. The minimum absolute atomic E-state index is 0.0299. The Morgan fingerprint density at radius 3 is 2.27 bits per heavy atom. The van der Waals surface area contributed by atoms with Crippen LogP contribution in [0.1, 0.15) is 35.1 Å². The van der Waals surface area contributed by atoms with Gasteiger partial charge in [0.25, 0.3) is 0 Å².